The molecule has 1 atom stereocenters. The van der Waals surface area contributed by atoms with E-state index in [1.807, 2.05) is 0 Å². The van der Waals surface area contributed by atoms with E-state index < -0.39 is 10.2 Å². The summed E-state index contributed by atoms with van der Waals surface area (Å²) in [4.78, 5) is 6.92. The molecule has 1 aliphatic carbocycles. The van der Waals surface area contributed by atoms with Gasteiger partial charge in [-0.2, -0.15) is 17.4 Å². The summed E-state index contributed by atoms with van der Waals surface area (Å²) in [6, 6.07) is 0.675. The van der Waals surface area contributed by atoms with Crippen LogP contribution < -0.4 is 10.0 Å². The van der Waals surface area contributed by atoms with Gasteiger partial charge in [0.1, 0.15) is 5.82 Å². The third-order valence-electron chi connectivity index (χ3n) is 4.07. The minimum absolute atomic E-state index is 0.205. The molecule has 7 nitrogen and oxygen atoms in total. The Bertz CT molecular complexity index is 541. The highest BCUT2D eigenvalue weighted by atomic mass is 32.2. The van der Waals surface area contributed by atoms with Crippen molar-refractivity contribution in [2.75, 3.05) is 19.6 Å². The molecular weight excluding hydrogens is 290 g/mol. The Morgan fingerprint density at radius 1 is 1.38 bits per heavy atom. The molecule has 2 fully saturated rings. The zero-order valence-corrected chi connectivity index (χ0v) is 12.9. The number of hydrogen-bond acceptors (Lipinski definition) is 4. The number of aromatic nitrogens is 2. The van der Waals surface area contributed by atoms with E-state index in [0.29, 0.717) is 30.9 Å². The molecule has 1 aromatic heterocycles. The first kappa shape index (κ1) is 15.0. The number of nitrogens with one attached hydrogen (secondary N) is 3. The standard InChI is InChI=1S/C13H23N5O2S/c19-21(20,17-9-13-14-5-6-15-13)18-7-1-2-11(10-18)8-16-12-3-4-12/h5-6,11-12,16-17H,1-4,7-10H2,(H,14,15). The first-order valence-corrected chi connectivity index (χ1v) is 9.04. The average Bonchev–Trinajstić information content (AvgIpc) is 3.17. The van der Waals surface area contributed by atoms with Gasteiger partial charge in [-0.15, -0.1) is 0 Å². The van der Waals surface area contributed by atoms with E-state index in [1.165, 1.54) is 12.8 Å². The minimum Gasteiger partial charge on any atom is -0.347 e. The molecule has 0 radical (unpaired) electrons. The molecule has 2 aliphatic rings. The Morgan fingerprint density at radius 3 is 2.95 bits per heavy atom. The first-order valence-electron chi connectivity index (χ1n) is 7.60. The van der Waals surface area contributed by atoms with Crippen LogP contribution in [0.25, 0.3) is 0 Å². The summed E-state index contributed by atoms with van der Waals surface area (Å²) < 4.78 is 28.8. The van der Waals surface area contributed by atoms with Crippen molar-refractivity contribution >= 4 is 10.2 Å². The fourth-order valence-corrected chi connectivity index (χ4v) is 3.96. The molecule has 118 valence electrons. The molecule has 8 heteroatoms. The lowest BCUT2D eigenvalue weighted by Gasteiger charge is -2.32. The summed E-state index contributed by atoms with van der Waals surface area (Å²) in [7, 11) is -3.42. The molecule has 1 unspecified atom stereocenters. The molecule has 1 saturated heterocycles. The highest BCUT2D eigenvalue weighted by Gasteiger charge is 2.30. The Hall–Kier alpha value is -0.960. The van der Waals surface area contributed by atoms with Crippen LogP contribution in [0.5, 0.6) is 0 Å². The Kier molecular flexibility index (Phi) is 4.58. The second-order valence-corrected chi connectivity index (χ2v) is 7.67. The Morgan fingerprint density at radius 2 is 2.24 bits per heavy atom. The van der Waals surface area contributed by atoms with Crippen molar-refractivity contribution in [3.05, 3.63) is 18.2 Å². The van der Waals surface area contributed by atoms with Crippen molar-refractivity contribution in [2.45, 2.75) is 38.3 Å². The molecule has 21 heavy (non-hydrogen) atoms. The van der Waals surface area contributed by atoms with Gasteiger partial charge in [0, 0.05) is 31.5 Å². The van der Waals surface area contributed by atoms with E-state index in [1.54, 1.807) is 16.7 Å². The highest BCUT2D eigenvalue weighted by molar-refractivity contribution is 7.87. The summed E-state index contributed by atoms with van der Waals surface area (Å²) in [5.41, 5.74) is 0. The molecule has 1 aromatic rings. The highest BCUT2D eigenvalue weighted by Crippen LogP contribution is 2.22. The van der Waals surface area contributed by atoms with Gasteiger partial charge in [-0.05, 0) is 38.1 Å². The van der Waals surface area contributed by atoms with Crippen LogP contribution in [0.3, 0.4) is 0 Å². The third-order valence-corrected chi connectivity index (χ3v) is 5.59. The van der Waals surface area contributed by atoms with E-state index in [0.717, 1.165) is 19.4 Å². The van der Waals surface area contributed by atoms with Gasteiger partial charge < -0.3 is 10.3 Å². The van der Waals surface area contributed by atoms with Gasteiger partial charge >= 0.3 is 0 Å². The van der Waals surface area contributed by atoms with E-state index in [2.05, 4.69) is 20.0 Å². The number of aromatic amines is 1. The lowest BCUT2D eigenvalue weighted by atomic mass is 10.00. The Labute approximate surface area is 125 Å². The van der Waals surface area contributed by atoms with Gasteiger partial charge in [0.2, 0.25) is 0 Å². The van der Waals surface area contributed by atoms with Crippen molar-refractivity contribution < 1.29 is 8.42 Å². The van der Waals surface area contributed by atoms with Crippen LogP contribution in [-0.2, 0) is 16.8 Å². The molecule has 0 amide bonds. The van der Waals surface area contributed by atoms with E-state index >= 15 is 0 Å². The Balaban J connectivity index is 1.50. The summed E-state index contributed by atoms with van der Waals surface area (Å²) in [5, 5.41) is 3.50. The van der Waals surface area contributed by atoms with Gasteiger partial charge in [0.05, 0.1) is 6.54 Å². The van der Waals surface area contributed by atoms with Crippen molar-refractivity contribution in [1.29, 1.82) is 0 Å². The predicted molar refractivity (Wildman–Crippen MR) is 79.7 cm³/mol. The second-order valence-electron chi connectivity index (χ2n) is 5.91. The topological polar surface area (TPSA) is 90.1 Å². The third kappa shape index (κ3) is 4.26. The number of hydrogen-bond donors (Lipinski definition) is 3. The van der Waals surface area contributed by atoms with Crippen molar-refractivity contribution in [3.63, 3.8) is 0 Å². The maximum absolute atomic E-state index is 12.3. The maximum atomic E-state index is 12.3. The first-order chi connectivity index (χ1) is 10.1. The van der Waals surface area contributed by atoms with Crippen LogP contribution in [0.15, 0.2) is 12.4 Å². The lowest BCUT2D eigenvalue weighted by Crippen LogP contribution is -2.47. The van der Waals surface area contributed by atoms with Crippen molar-refractivity contribution in [3.8, 4) is 0 Å². The second kappa shape index (κ2) is 6.43. The van der Waals surface area contributed by atoms with Crippen LogP contribution in [0.2, 0.25) is 0 Å². The smallest absolute Gasteiger partial charge is 0.279 e. The van der Waals surface area contributed by atoms with Crippen LogP contribution in [0.1, 0.15) is 31.5 Å². The van der Waals surface area contributed by atoms with Gasteiger partial charge in [-0.25, -0.2) is 4.98 Å². The van der Waals surface area contributed by atoms with Gasteiger partial charge in [-0.1, -0.05) is 0 Å². The minimum atomic E-state index is -3.42. The summed E-state index contributed by atoms with van der Waals surface area (Å²) in [6.07, 6.45) is 7.86. The molecule has 1 aliphatic heterocycles. The van der Waals surface area contributed by atoms with Gasteiger partial charge in [0.15, 0.2) is 0 Å². The fraction of sp³-hybridized carbons (Fsp3) is 0.769. The number of nitrogens with zero attached hydrogens (tertiary/aromatic N) is 2. The van der Waals surface area contributed by atoms with Crippen LogP contribution >= 0.6 is 0 Å². The SMILES string of the molecule is O=S(=O)(NCc1ncc[nH]1)N1CCCC(CNC2CC2)C1. The monoisotopic (exact) mass is 313 g/mol. The van der Waals surface area contributed by atoms with E-state index in [4.69, 9.17) is 0 Å². The summed E-state index contributed by atoms with van der Waals surface area (Å²) in [6.45, 7) is 2.34. The molecule has 1 saturated carbocycles. The molecule has 3 N–H and O–H groups in total. The van der Waals surface area contributed by atoms with Crippen molar-refractivity contribution in [2.24, 2.45) is 5.92 Å². The van der Waals surface area contributed by atoms with E-state index in [9.17, 15) is 8.42 Å². The average molecular weight is 313 g/mol. The maximum Gasteiger partial charge on any atom is 0.279 e. The number of imidazole rings is 1. The quantitative estimate of drug-likeness (QED) is 0.671. The number of rotatable bonds is 7. The largest absolute Gasteiger partial charge is 0.347 e. The van der Waals surface area contributed by atoms with Crippen LogP contribution in [0.4, 0.5) is 0 Å². The molecule has 2 heterocycles. The molecule has 0 aromatic carbocycles. The zero-order valence-electron chi connectivity index (χ0n) is 12.1. The molecule has 0 bridgehead atoms. The molecular formula is C13H23N5O2S. The molecule has 3 rings (SSSR count). The normalized spacial score (nSPS) is 24.3. The predicted octanol–water partition coefficient (Wildman–Crippen LogP) is 0.208. The van der Waals surface area contributed by atoms with Crippen LogP contribution in [0, 0.1) is 5.92 Å². The lowest BCUT2D eigenvalue weighted by molar-refractivity contribution is 0.257. The summed E-state index contributed by atoms with van der Waals surface area (Å²) in [5.74, 6) is 1.04. The van der Waals surface area contributed by atoms with Crippen LogP contribution in [-0.4, -0.2) is 48.4 Å². The number of H-pyrrole nitrogens is 1. The van der Waals surface area contributed by atoms with Gasteiger partial charge in [-0.3, -0.25) is 0 Å². The molecule has 0 spiro atoms. The van der Waals surface area contributed by atoms with Crippen molar-refractivity contribution in [1.82, 2.24) is 24.3 Å². The number of piperidine rings is 1. The van der Waals surface area contributed by atoms with E-state index in [-0.39, 0.29) is 6.54 Å². The zero-order chi connectivity index (χ0) is 14.7. The summed E-state index contributed by atoms with van der Waals surface area (Å²) >= 11 is 0. The van der Waals surface area contributed by atoms with Gasteiger partial charge in [0.25, 0.3) is 10.2 Å². The fourth-order valence-electron chi connectivity index (χ4n) is 2.68.